The Hall–Kier alpha value is -1.35. The Morgan fingerprint density at radius 3 is 2.90 bits per heavy atom. The Labute approximate surface area is 121 Å². The van der Waals surface area contributed by atoms with Crippen molar-refractivity contribution in [2.75, 3.05) is 13.2 Å². The maximum atomic E-state index is 11.3. The third kappa shape index (κ3) is 3.40. The van der Waals surface area contributed by atoms with Crippen LogP contribution in [0.1, 0.15) is 50.8 Å². The molecule has 20 heavy (non-hydrogen) atoms. The Kier molecular flexibility index (Phi) is 4.81. The molecule has 0 bridgehead atoms. The maximum absolute atomic E-state index is 11.3. The van der Waals surface area contributed by atoms with E-state index in [1.165, 1.54) is 11.1 Å². The van der Waals surface area contributed by atoms with E-state index in [9.17, 15) is 4.79 Å². The SMILES string of the molecule is CCOC(=O)CCCNC1c2ccccc2CC1(C)C. The molecule has 1 aromatic rings. The van der Waals surface area contributed by atoms with Gasteiger partial charge < -0.3 is 10.1 Å². The molecule has 0 saturated carbocycles. The molecule has 0 radical (unpaired) electrons. The zero-order valence-corrected chi connectivity index (χ0v) is 12.7. The van der Waals surface area contributed by atoms with E-state index in [4.69, 9.17) is 4.74 Å². The molecule has 3 heteroatoms. The van der Waals surface area contributed by atoms with Crippen LogP contribution < -0.4 is 5.32 Å². The van der Waals surface area contributed by atoms with E-state index in [0.717, 1.165) is 19.4 Å². The average Bonchev–Trinajstić information content (AvgIpc) is 2.65. The first-order valence-electron chi connectivity index (χ1n) is 7.51. The second-order valence-corrected chi connectivity index (χ2v) is 6.16. The molecule has 0 saturated heterocycles. The predicted octanol–water partition coefficient (Wildman–Crippen LogP) is 3.24. The van der Waals surface area contributed by atoms with Gasteiger partial charge in [-0.25, -0.2) is 0 Å². The van der Waals surface area contributed by atoms with Gasteiger partial charge in [0, 0.05) is 12.5 Å². The summed E-state index contributed by atoms with van der Waals surface area (Å²) in [5.41, 5.74) is 3.09. The van der Waals surface area contributed by atoms with Gasteiger partial charge in [0.25, 0.3) is 0 Å². The first kappa shape index (κ1) is 15.0. The minimum Gasteiger partial charge on any atom is -0.466 e. The lowest BCUT2D eigenvalue weighted by atomic mass is 9.85. The molecule has 0 aromatic heterocycles. The van der Waals surface area contributed by atoms with Gasteiger partial charge in [-0.15, -0.1) is 0 Å². The molecule has 1 atom stereocenters. The van der Waals surface area contributed by atoms with Crippen LogP contribution in [-0.2, 0) is 16.0 Å². The lowest BCUT2D eigenvalue weighted by Gasteiger charge is -2.28. The van der Waals surface area contributed by atoms with Gasteiger partial charge in [0.1, 0.15) is 0 Å². The maximum Gasteiger partial charge on any atom is 0.305 e. The normalized spacial score (nSPS) is 19.6. The van der Waals surface area contributed by atoms with E-state index in [1.807, 2.05) is 6.92 Å². The van der Waals surface area contributed by atoms with Crippen molar-refractivity contribution >= 4 is 5.97 Å². The number of ether oxygens (including phenoxy) is 1. The predicted molar refractivity (Wildman–Crippen MR) is 80.5 cm³/mol. The first-order chi connectivity index (χ1) is 9.54. The molecule has 0 amide bonds. The van der Waals surface area contributed by atoms with Crippen molar-refractivity contribution in [2.45, 2.75) is 46.1 Å². The number of rotatable bonds is 6. The average molecular weight is 275 g/mol. The van der Waals surface area contributed by atoms with Crippen molar-refractivity contribution in [3.8, 4) is 0 Å². The van der Waals surface area contributed by atoms with E-state index < -0.39 is 0 Å². The summed E-state index contributed by atoms with van der Waals surface area (Å²) in [6.07, 6.45) is 2.43. The summed E-state index contributed by atoms with van der Waals surface area (Å²) in [5.74, 6) is -0.0969. The van der Waals surface area contributed by atoms with Crippen LogP contribution in [0.2, 0.25) is 0 Å². The molecule has 1 unspecified atom stereocenters. The van der Waals surface area contributed by atoms with Crippen molar-refractivity contribution in [1.82, 2.24) is 5.32 Å². The van der Waals surface area contributed by atoms with Gasteiger partial charge >= 0.3 is 5.97 Å². The quantitative estimate of drug-likeness (QED) is 0.640. The fourth-order valence-corrected chi connectivity index (χ4v) is 3.09. The van der Waals surface area contributed by atoms with E-state index in [-0.39, 0.29) is 11.4 Å². The van der Waals surface area contributed by atoms with Crippen molar-refractivity contribution in [3.05, 3.63) is 35.4 Å². The van der Waals surface area contributed by atoms with Crippen molar-refractivity contribution in [3.63, 3.8) is 0 Å². The second kappa shape index (κ2) is 6.40. The van der Waals surface area contributed by atoms with Crippen LogP contribution in [0.4, 0.5) is 0 Å². The number of carbonyl (C=O) groups is 1. The van der Waals surface area contributed by atoms with Gasteiger partial charge in [-0.05, 0) is 42.9 Å². The standard InChI is InChI=1S/C17H25NO2/c1-4-20-15(19)10-7-11-18-16-14-9-6-5-8-13(14)12-17(16,2)3/h5-6,8-9,16,18H,4,7,10-12H2,1-3H3. The number of esters is 1. The summed E-state index contributed by atoms with van der Waals surface area (Å²) in [5, 5.41) is 3.62. The molecule has 1 aromatic carbocycles. The number of hydrogen-bond acceptors (Lipinski definition) is 3. The molecule has 0 aliphatic heterocycles. The van der Waals surface area contributed by atoms with Crippen LogP contribution in [0.5, 0.6) is 0 Å². The van der Waals surface area contributed by atoms with Crippen molar-refractivity contribution in [2.24, 2.45) is 5.41 Å². The Bertz CT molecular complexity index is 468. The highest BCUT2D eigenvalue weighted by molar-refractivity contribution is 5.69. The second-order valence-electron chi connectivity index (χ2n) is 6.16. The van der Waals surface area contributed by atoms with Crippen LogP contribution in [0.15, 0.2) is 24.3 Å². The molecule has 110 valence electrons. The summed E-state index contributed by atoms with van der Waals surface area (Å²) >= 11 is 0. The zero-order chi connectivity index (χ0) is 14.6. The molecule has 1 aliphatic rings. The molecule has 1 N–H and O–H groups in total. The van der Waals surface area contributed by atoms with E-state index >= 15 is 0 Å². The third-order valence-corrected chi connectivity index (χ3v) is 4.01. The van der Waals surface area contributed by atoms with Crippen LogP contribution in [0, 0.1) is 5.41 Å². The molecule has 2 rings (SSSR count). The van der Waals surface area contributed by atoms with Gasteiger partial charge in [0.05, 0.1) is 6.61 Å². The summed E-state index contributed by atoms with van der Waals surface area (Å²) in [4.78, 5) is 11.3. The monoisotopic (exact) mass is 275 g/mol. The molecule has 0 spiro atoms. The van der Waals surface area contributed by atoms with Crippen LogP contribution in [0.3, 0.4) is 0 Å². The first-order valence-corrected chi connectivity index (χ1v) is 7.51. The third-order valence-electron chi connectivity index (χ3n) is 4.01. The fourth-order valence-electron chi connectivity index (χ4n) is 3.09. The Morgan fingerprint density at radius 2 is 2.15 bits per heavy atom. The fraction of sp³-hybridized carbons (Fsp3) is 0.588. The number of hydrogen-bond donors (Lipinski definition) is 1. The number of benzene rings is 1. The number of nitrogens with one attached hydrogen (secondary N) is 1. The summed E-state index contributed by atoms with van der Waals surface area (Å²) < 4.78 is 4.94. The van der Waals surface area contributed by atoms with Crippen LogP contribution in [-0.4, -0.2) is 19.1 Å². The lowest BCUT2D eigenvalue weighted by molar-refractivity contribution is -0.143. The van der Waals surface area contributed by atoms with Gasteiger partial charge in [-0.3, -0.25) is 4.79 Å². The lowest BCUT2D eigenvalue weighted by Crippen LogP contribution is -2.32. The summed E-state index contributed by atoms with van der Waals surface area (Å²) in [7, 11) is 0. The van der Waals surface area contributed by atoms with Crippen molar-refractivity contribution in [1.29, 1.82) is 0 Å². The van der Waals surface area contributed by atoms with E-state index in [1.54, 1.807) is 0 Å². The number of carbonyl (C=O) groups excluding carboxylic acids is 1. The molecule has 3 nitrogen and oxygen atoms in total. The van der Waals surface area contributed by atoms with E-state index in [2.05, 4.69) is 43.4 Å². The summed E-state index contributed by atoms with van der Waals surface area (Å²) in [6, 6.07) is 9.02. The van der Waals surface area contributed by atoms with Gasteiger partial charge in [-0.1, -0.05) is 38.1 Å². The molecular weight excluding hydrogens is 250 g/mol. The van der Waals surface area contributed by atoms with Gasteiger partial charge in [0.15, 0.2) is 0 Å². The molecule has 0 fully saturated rings. The van der Waals surface area contributed by atoms with Gasteiger partial charge in [0.2, 0.25) is 0 Å². The smallest absolute Gasteiger partial charge is 0.305 e. The van der Waals surface area contributed by atoms with E-state index in [0.29, 0.717) is 19.1 Å². The van der Waals surface area contributed by atoms with Crippen LogP contribution in [0.25, 0.3) is 0 Å². The highest BCUT2D eigenvalue weighted by Gasteiger charge is 2.37. The Morgan fingerprint density at radius 1 is 1.40 bits per heavy atom. The highest BCUT2D eigenvalue weighted by atomic mass is 16.5. The topological polar surface area (TPSA) is 38.3 Å². The van der Waals surface area contributed by atoms with Crippen molar-refractivity contribution < 1.29 is 9.53 Å². The molecule has 0 heterocycles. The van der Waals surface area contributed by atoms with Crippen LogP contribution >= 0.6 is 0 Å². The molecule has 1 aliphatic carbocycles. The molecular formula is C17H25NO2. The minimum atomic E-state index is -0.0969. The minimum absolute atomic E-state index is 0.0969. The highest BCUT2D eigenvalue weighted by Crippen LogP contribution is 2.44. The number of fused-ring (bicyclic) bond motifs is 1. The Balaban J connectivity index is 1.87. The van der Waals surface area contributed by atoms with Gasteiger partial charge in [-0.2, -0.15) is 0 Å². The summed E-state index contributed by atoms with van der Waals surface area (Å²) in [6.45, 7) is 7.76. The zero-order valence-electron chi connectivity index (χ0n) is 12.7. The largest absolute Gasteiger partial charge is 0.466 e.